The van der Waals surface area contributed by atoms with Gasteiger partial charge in [0.25, 0.3) is 0 Å². The van der Waals surface area contributed by atoms with Gasteiger partial charge >= 0.3 is 5.97 Å². The summed E-state index contributed by atoms with van der Waals surface area (Å²) in [6.45, 7) is 4.03. The van der Waals surface area contributed by atoms with Crippen LogP contribution in [0.2, 0.25) is 5.02 Å². The van der Waals surface area contributed by atoms with Gasteiger partial charge in [-0.05, 0) is 49.7 Å². The molecule has 0 unspecified atom stereocenters. The predicted octanol–water partition coefficient (Wildman–Crippen LogP) is 5.88. The van der Waals surface area contributed by atoms with E-state index >= 15 is 0 Å². The number of esters is 1. The fourth-order valence-corrected chi connectivity index (χ4v) is 3.16. The number of anilines is 2. The molecule has 0 saturated heterocycles. The van der Waals surface area contributed by atoms with Gasteiger partial charge in [-0.15, -0.1) is 0 Å². The molecule has 6 heteroatoms. The highest BCUT2D eigenvalue weighted by molar-refractivity contribution is 9.10. The number of carbonyl (C=O) groups excluding carboxylic acids is 1. The van der Waals surface area contributed by atoms with Gasteiger partial charge in [-0.3, -0.25) is 4.98 Å². The fourth-order valence-electron chi connectivity index (χ4n) is 2.52. The molecule has 1 aromatic heterocycles. The number of ether oxygens (including phenoxy) is 1. The van der Waals surface area contributed by atoms with E-state index in [9.17, 15) is 4.79 Å². The number of carbonyl (C=O) groups is 1. The van der Waals surface area contributed by atoms with Crippen LogP contribution in [-0.2, 0) is 4.74 Å². The molecular weight excluding hydrogens is 404 g/mol. The minimum Gasteiger partial charge on any atom is -0.462 e. The Bertz CT molecular complexity index is 960. The third kappa shape index (κ3) is 3.78. The zero-order valence-electron chi connectivity index (χ0n) is 13.8. The highest BCUT2D eigenvalue weighted by Crippen LogP contribution is 2.34. The molecule has 0 saturated carbocycles. The van der Waals surface area contributed by atoms with Crippen molar-refractivity contribution in [1.82, 2.24) is 4.98 Å². The molecule has 0 atom stereocenters. The summed E-state index contributed by atoms with van der Waals surface area (Å²) in [5.41, 5.74) is 3.52. The van der Waals surface area contributed by atoms with E-state index in [0.29, 0.717) is 28.6 Å². The lowest BCUT2D eigenvalue weighted by Gasteiger charge is -2.15. The standard InChI is InChI=1S/C19H16BrClN2O2/c1-3-25-19(24)14-10-22-16-7-5-12(20)9-13(16)18(14)23-17-6-4-11(2)8-15(17)21/h4-10H,3H2,1-2H3,(H,22,23). The van der Waals surface area contributed by atoms with Crippen LogP contribution in [0.15, 0.2) is 47.1 Å². The average Bonchev–Trinajstić information content (AvgIpc) is 2.57. The minimum absolute atomic E-state index is 0.292. The van der Waals surface area contributed by atoms with Crippen molar-refractivity contribution in [2.24, 2.45) is 0 Å². The van der Waals surface area contributed by atoms with Gasteiger partial charge in [-0.1, -0.05) is 33.6 Å². The SMILES string of the molecule is CCOC(=O)c1cnc2ccc(Br)cc2c1Nc1ccc(C)cc1Cl. The second-order valence-corrected chi connectivity index (χ2v) is 6.86. The number of halogens is 2. The summed E-state index contributed by atoms with van der Waals surface area (Å²) in [7, 11) is 0. The largest absolute Gasteiger partial charge is 0.462 e. The highest BCUT2D eigenvalue weighted by Gasteiger charge is 2.18. The molecule has 128 valence electrons. The quantitative estimate of drug-likeness (QED) is 0.537. The van der Waals surface area contributed by atoms with E-state index < -0.39 is 5.97 Å². The van der Waals surface area contributed by atoms with E-state index in [2.05, 4.69) is 26.2 Å². The van der Waals surface area contributed by atoms with Crippen LogP contribution in [0.1, 0.15) is 22.8 Å². The fraction of sp³-hybridized carbons (Fsp3) is 0.158. The monoisotopic (exact) mass is 418 g/mol. The third-order valence-electron chi connectivity index (χ3n) is 3.71. The van der Waals surface area contributed by atoms with Crippen LogP contribution >= 0.6 is 27.5 Å². The predicted molar refractivity (Wildman–Crippen MR) is 105 cm³/mol. The van der Waals surface area contributed by atoms with Crippen molar-refractivity contribution in [1.29, 1.82) is 0 Å². The van der Waals surface area contributed by atoms with Crippen LogP contribution in [-0.4, -0.2) is 17.6 Å². The van der Waals surface area contributed by atoms with Gasteiger partial charge in [0, 0.05) is 16.1 Å². The number of pyridine rings is 1. The summed E-state index contributed by atoms with van der Waals surface area (Å²) in [4.78, 5) is 16.7. The Kier molecular flexibility index (Phi) is 5.25. The Morgan fingerprint density at radius 1 is 1.28 bits per heavy atom. The van der Waals surface area contributed by atoms with Crippen LogP contribution in [0.3, 0.4) is 0 Å². The molecule has 1 heterocycles. The summed E-state index contributed by atoms with van der Waals surface area (Å²) in [5.74, 6) is -0.428. The lowest BCUT2D eigenvalue weighted by Crippen LogP contribution is -2.09. The van der Waals surface area contributed by atoms with Crippen LogP contribution in [0.4, 0.5) is 11.4 Å². The molecule has 4 nitrogen and oxygen atoms in total. The Morgan fingerprint density at radius 3 is 2.80 bits per heavy atom. The second-order valence-electron chi connectivity index (χ2n) is 5.54. The first-order chi connectivity index (χ1) is 12.0. The van der Waals surface area contributed by atoms with Crippen LogP contribution in [0, 0.1) is 6.92 Å². The summed E-state index contributed by atoms with van der Waals surface area (Å²) in [6.07, 6.45) is 1.53. The van der Waals surface area contributed by atoms with Gasteiger partial charge in [-0.2, -0.15) is 0 Å². The van der Waals surface area contributed by atoms with E-state index in [1.807, 2.05) is 43.3 Å². The molecule has 0 aliphatic rings. The van der Waals surface area contributed by atoms with E-state index in [4.69, 9.17) is 16.3 Å². The number of benzene rings is 2. The van der Waals surface area contributed by atoms with Gasteiger partial charge in [0.2, 0.25) is 0 Å². The van der Waals surface area contributed by atoms with Gasteiger partial charge in [0.05, 0.1) is 28.5 Å². The Morgan fingerprint density at radius 2 is 2.08 bits per heavy atom. The van der Waals surface area contributed by atoms with E-state index in [1.54, 1.807) is 6.92 Å². The average molecular weight is 420 g/mol. The van der Waals surface area contributed by atoms with Gasteiger partial charge in [-0.25, -0.2) is 4.79 Å². The number of nitrogens with zero attached hydrogens (tertiary/aromatic N) is 1. The van der Waals surface area contributed by atoms with Gasteiger partial charge in [0.15, 0.2) is 0 Å². The number of nitrogens with one attached hydrogen (secondary N) is 1. The molecule has 3 rings (SSSR count). The van der Waals surface area contributed by atoms with Gasteiger partial charge < -0.3 is 10.1 Å². The topological polar surface area (TPSA) is 51.2 Å². The maximum atomic E-state index is 12.4. The summed E-state index contributed by atoms with van der Waals surface area (Å²) in [6, 6.07) is 11.4. The van der Waals surface area contributed by atoms with Crippen LogP contribution < -0.4 is 5.32 Å². The van der Waals surface area contributed by atoms with Crippen molar-refractivity contribution in [3.63, 3.8) is 0 Å². The molecule has 1 N–H and O–H groups in total. The van der Waals surface area contributed by atoms with Crippen molar-refractivity contribution < 1.29 is 9.53 Å². The highest BCUT2D eigenvalue weighted by atomic mass is 79.9. The summed E-state index contributed by atoms with van der Waals surface area (Å²) in [5, 5.41) is 4.66. The second kappa shape index (κ2) is 7.42. The number of hydrogen-bond donors (Lipinski definition) is 1. The molecule has 0 bridgehead atoms. The normalized spacial score (nSPS) is 10.7. The lowest BCUT2D eigenvalue weighted by molar-refractivity contribution is 0.0527. The zero-order valence-corrected chi connectivity index (χ0v) is 16.1. The molecular formula is C19H16BrClN2O2. The van der Waals surface area contributed by atoms with Crippen LogP contribution in [0.25, 0.3) is 10.9 Å². The molecule has 0 fully saturated rings. The van der Waals surface area contributed by atoms with Crippen molar-refractivity contribution in [3.05, 3.63) is 63.2 Å². The van der Waals surface area contributed by atoms with E-state index in [1.165, 1.54) is 6.20 Å². The zero-order chi connectivity index (χ0) is 18.0. The van der Waals surface area contributed by atoms with E-state index in [0.717, 1.165) is 20.9 Å². The Labute approximate surface area is 159 Å². The number of rotatable bonds is 4. The van der Waals surface area contributed by atoms with Crippen molar-refractivity contribution in [2.75, 3.05) is 11.9 Å². The van der Waals surface area contributed by atoms with Crippen LogP contribution in [0.5, 0.6) is 0 Å². The molecule has 0 aliphatic carbocycles. The first-order valence-electron chi connectivity index (χ1n) is 7.78. The lowest BCUT2D eigenvalue weighted by atomic mass is 10.1. The molecule has 0 radical (unpaired) electrons. The maximum absolute atomic E-state index is 12.4. The smallest absolute Gasteiger partial charge is 0.341 e. The number of aryl methyl sites for hydroxylation is 1. The molecule has 3 aromatic rings. The van der Waals surface area contributed by atoms with Gasteiger partial charge in [0.1, 0.15) is 5.56 Å². The molecule has 0 spiro atoms. The van der Waals surface area contributed by atoms with Crippen molar-refractivity contribution >= 4 is 55.8 Å². The molecule has 0 amide bonds. The first-order valence-corrected chi connectivity index (χ1v) is 8.95. The minimum atomic E-state index is -0.428. The summed E-state index contributed by atoms with van der Waals surface area (Å²) >= 11 is 9.82. The Balaban J connectivity index is 2.19. The van der Waals surface area contributed by atoms with Crippen molar-refractivity contribution in [3.8, 4) is 0 Å². The van der Waals surface area contributed by atoms with Crippen molar-refractivity contribution in [2.45, 2.75) is 13.8 Å². The van der Waals surface area contributed by atoms with E-state index in [-0.39, 0.29) is 0 Å². The molecule has 0 aliphatic heterocycles. The number of fused-ring (bicyclic) bond motifs is 1. The molecule has 25 heavy (non-hydrogen) atoms. The molecule has 2 aromatic carbocycles. The summed E-state index contributed by atoms with van der Waals surface area (Å²) < 4.78 is 6.06. The maximum Gasteiger partial charge on any atom is 0.341 e. The Hall–Kier alpha value is -2.11. The number of aromatic nitrogens is 1. The number of hydrogen-bond acceptors (Lipinski definition) is 4. The third-order valence-corrected chi connectivity index (χ3v) is 4.52. The first kappa shape index (κ1) is 17.7.